The number of phenolic OH excluding ortho intramolecular Hbond substituents is 1. The van der Waals surface area contributed by atoms with Gasteiger partial charge in [0, 0.05) is 24.0 Å². The number of aromatic hydroxyl groups is 1. The van der Waals surface area contributed by atoms with Crippen molar-refractivity contribution < 1.29 is 14.8 Å². The number of amides is 1. The Balaban J connectivity index is 2.11. The molecule has 2 rings (SSSR count). The van der Waals surface area contributed by atoms with Gasteiger partial charge in [-0.05, 0) is 36.8 Å². The molecular weight excluding hydrogens is 324 g/mol. The molecule has 0 saturated heterocycles. The van der Waals surface area contributed by atoms with Gasteiger partial charge in [0.1, 0.15) is 17.4 Å². The number of nitro groups is 1. The molecule has 1 amide bonds. The van der Waals surface area contributed by atoms with E-state index in [4.69, 9.17) is 5.26 Å². The van der Waals surface area contributed by atoms with Crippen LogP contribution in [-0.4, -0.2) is 15.9 Å². The van der Waals surface area contributed by atoms with Gasteiger partial charge in [-0.25, -0.2) is 0 Å². The number of rotatable bonds is 5. The largest absolute Gasteiger partial charge is 0.506 e. The maximum absolute atomic E-state index is 12.1. The van der Waals surface area contributed by atoms with Crippen LogP contribution in [0.2, 0.25) is 0 Å². The first-order valence-corrected chi connectivity index (χ1v) is 7.13. The quantitative estimate of drug-likeness (QED) is 0.253. The predicted molar refractivity (Wildman–Crippen MR) is 91.9 cm³/mol. The van der Waals surface area contributed by atoms with Crippen LogP contribution in [0.3, 0.4) is 0 Å². The highest BCUT2D eigenvalue weighted by Gasteiger charge is 2.11. The third-order valence-corrected chi connectivity index (χ3v) is 3.23. The van der Waals surface area contributed by atoms with Gasteiger partial charge in [0.15, 0.2) is 0 Å². The SMILES string of the molecule is Cc1ccc(O)c(N/C=C(/C#N)C(=O)Nc2ccc([N+](=O)[O-])cc2)c1. The first-order chi connectivity index (χ1) is 11.9. The van der Waals surface area contributed by atoms with Crippen LogP contribution in [0.15, 0.2) is 54.2 Å². The number of nitrogens with one attached hydrogen (secondary N) is 2. The number of carbonyl (C=O) groups is 1. The third-order valence-electron chi connectivity index (χ3n) is 3.23. The molecule has 2 aromatic carbocycles. The van der Waals surface area contributed by atoms with Gasteiger partial charge in [0.05, 0.1) is 10.6 Å². The van der Waals surface area contributed by atoms with Crippen molar-refractivity contribution in [2.75, 3.05) is 10.6 Å². The monoisotopic (exact) mass is 338 g/mol. The highest BCUT2D eigenvalue weighted by atomic mass is 16.6. The number of non-ortho nitro benzene ring substituents is 1. The fourth-order valence-electron chi connectivity index (χ4n) is 1.93. The molecule has 126 valence electrons. The Hall–Kier alpha value is -3.86. The Labute approximate surface area is 143 Å². The zero-order valence-corrected chi connectivity index (χ0v) is 13.2. The summed E-state index contributed by atoms with van der Waals surface area (Å²) in [4.78, 5) is 22.1. The van der Waals surface area contributed by atoms with Gasteiger partial charge >= 0.3 is 0 Å². The molecule has 8 nitrogen and oxygen atoms in total. The van der Waals surface area contributed by atoms with Gasteiger partial charge in [0.25, 0.3) is 11.6 Å². The summed E-state index contributed by atoms with van der Waals surface area (Å²) in [5.41, 5.74) is 1.23. The minimum Gasteiger partial charge on any atom is -0.506 e. The van der Waals surface area contributed by atoms with Crippen LogP contribution >= 0.6 is 0 Å². The summed E-state index contributed by atoms with van der Waals surface area (Å²) in [5.74, 6) is -0.703. The zero-order valence-electron chi connectivity index (χ0n) is 13.2. The molecule has 0 aliphatic carbocycles. The standard InChI is InChI=1S/C17H14N4O4/c1-11-2-7-16(22)15(8-11)19-10-12(9-18)17(23)20-13-3-5-14(6-4-13)21(24)25/h2-8,10,19,22H,1H3,(H,20,23)/b12-10-. The molecule has 3 N–H and O–H groups in total. The van der Waals surface area contributed by atoms with E-state index in [0.29, 0.717) is 11.4 Å². The summed E-state index contributed by atoms with van der Waals surface area (Å²) >= 11 is 0. The van der Waals surface area contributed by atoms with Gasteiger partial charge < -0.3 is 15.7 Å². The van der Waals surface area contributed by atoms with Crippen molar-refractivity contribution in [3.05, 3.63) is 69.9 Å². The summed E-state index contributed by atoms with van der Waals surface area (Å²) in [6.45, 7) is 1.83. The minimum absolute atomic E-state index is 0.0186. The first-order valence-electron chi connectivity index (χ1n) is 7.13. The molecule has 0 unspecified atom stereocenters. The predicted octanol–water partition coefficient (Wildman–Crippen LogP) is 3.07. The third kappa shape index (κ3) is 4.56. The number of anilines is 2. The van der Waals surface area contributed by atoms with E-state index in [0.717, 1.165) is 5.56 Å². The second-order valence-corrected chi connectivity index (χ2v) is 5.09. The second kappa shape index (κ2) is 7.61. The van der Waals surface area contributed by atoms with Crippen LogP contribution in [0.25, 0.3) is 0 Å². The highest BCUT2D eigenvalue weighted by Crippen LogP contribution is 2.24. The van der Waals surface area contributed by atoms with Crippen molar-refractivity contribution in [1.29, 1.82) is 5.26 Å². The maximum atomic E-state index is 12.1. The Morgan fingerprint density at radius 3 is 2.56 bits per heavy atom. The maximum Gasteiger partial charge on any atom is 0.269 e. The summed E-state index contributed by atoms with van der Waals surface area (Å²) in [5, 5.41) is 34.6. The number of carbonyl (C=O) groups excluding carboxylic acids is 1. The van der Waals surface area contributed by atoms with Crippen LogP contribution in [0.5, 0.6) is 5.75 Å². The van der Waals surface area contributed by atoms with Crippen LogP contribution in [0.4, 0.5) is 17.1 Å². The number of nitrogens with zero attached hydrogens (tertiary/aromatic N) is 2. The molecule has 0 bridgehead atoms. The van der Waals surface area contributed by atoms with Crippen LogP contribution in [0.1, 0.15) is 5.56 Å². The van der Waals surface area contributed by atoms with E-state index in [1.807, 2.05) is 6.92 Å². The summed E-state index contributed by atoms with van der Waals surface area (Å²) < 4.78 is 0. The molecule has 0 aliphatic heterocycles. The van der Waals surface area contributed by atoms with Gasteiger partial charge in [0.2, 0.25) is 0 Å². The highest BCUT2D eigenvalue weighted by molar-refractivity contribution is 6.06. The van der Waals surface area contributed by atoms with Gasteiger partial charge in [-0.1, -0.05) is 6.07 Å². The number of benzene rings is 2. The molecule has 2 aromatic rings. The van der Waals surface area contributed by atoms with E-state index in [1.165, 1.54) is 36.5 Å². The molecule has 25 heavy (non-hydrogen) atoms. The van der Waals surface area contributed by atoms with Gasteiger partial charge in [-0.3, -0.25) is 14.9 Å². The fourth-order valence-corrected chi connectivity index (χ4v) is 1.93. The molecule has 0 aliphatic rings. The number of aryl methyl sites for hydroxylation is 1. The number of nitriles is 1. The van der Waals surface area contributed by atoms with E-state index in [-0.39, 0.29) is 17.0 Å². The van der Waals surface area contributed by atoms with E-state index < -0.39 is 10.8 Å². The normalized spacial score (nSPS) is 10.6. The Morgan fingerprint density at radius 2 is 1.96 bits per heavy atom. The zero-order chi connectivity index (χ0) is 18.4. The number of hydrogen-bond donors (Lipinski definition) is 3. The van der Waals surface area contributed by atoms with E-state index >= 15 is 0 Å². The second-order valence-electron chi connectivity index (χ2n) is 5.09. The average Bonchev–Trinajstić information content (AvgIpc) is 2.58. The molecule has 8 heteroatoms. The molecule has 0 fully saturated rings. The van der Waals surface area contributed by atoms with E-state index in [2.05, 4.69) is 10.6 Å². The van der Waals surface area contributed by atoms with Crippen molar-refractivity contribution in [3.63, 3.8) is 0 Å². The van der Waals surface area contributed by atoms with E-state index in [9.17, 15) is 20.0 Å². The number of hydrogen-bond acceptors (Lipinski definition) is 6. The van der Waals surface area contributed by atoms with Crippen molar-refractivity contribution in [1.82, 2.24) is 0 Å². The molecule has 0 radical (unpaired) electrons. The molecule has 0 heterocycles. The van der Waals surface area contributed by atoms with Gasteiger partial charge in [-0.15, -0.1) is 0 Å². The molecular formula is C17H14N4O4. The van der Waals surface area contributed by atoms with Crippen LogP contribution < -0.4 is 10.6 Å². The summed E-state index contributed by atoms with van der Waals surface area (Å²) in [6, 6.07) is 11.8. The van der Waals surface area contributed by atoms with Crippen molar-refractivity contribution in [3.8, 4) is 11.8 Å². The van der Waals surface area contributed by atoms with Gasteiger partial charge in [-0.2, -0.15) is 5.26 Å². The lowest BCUT2D eigenvalue weighted by Crippen LogP contribution is -2.14. The Bertz CT molecular complexity index is 883. The van der Waals surface area contributed by atoms with Crippen LogP contribution in [0, 0.1) is 28.4 Å². The molecule has 0 aromatic heterocycles. The summed E-state index contributed by atoms with van der Waals surface area (Å²) in [6.07, 6.45) is 1.18. The lowest BCUT2D eigenvalue weighted by atomic mass is 10.2. The van der Waals surface area contributed by atoms with Crippen molar-refractivity contribution in [2.24, 2.45) is 0 Å². The lowest BCUT2D eigenvalue weighted by Gasteiger charge is -2.07. The fraction of sp³-hybridized carbons (Fsp3) is 0.0588. The average molecular weight is 338 g/mol. The Morgan fingerprint density at radius 1 is 1.28 bits per heavy atom. The van der Waals surface area contributed by atoms with Crippen LogP contribution in [-0.2, 0) is 4.79 Å². The first kappa shape index (κ1) is 17.5. The van der Waals surface area contributed by atoms with Crippen molar-refractivity contribution >= 4 is 23.0 Å². The molecule has 0 atom stereocenters. The summed E-state index contributed by atoms with van der Waals surface area (Å²) in [7, 11) is 0. The van der Waals surface area contributed by atoms with Crippen molar-refractivity contribution in [2.45, 2.75) is 6.92 Å². The smallest absolute Gasteiger partial charge is 0.269 e. The number of phenols is 1. The van der Waals surface area contributed by atoms with E-state index in [1.54, 1.807) is 18.2 Å². The molecule has 0 spiro atoms. The number of nitro benzene ring substituents is 1. The topological polar surface area (TPSA) is 128 Å². The Kier molecular flexibility index (Phi) is 5.32. The lowest BCUT2D eigenvalue weighted by molar-refractivity contribution is -0.384. The minimum atomic E-state index is -0.684. The molecule has 0 saturated carbocycles.